The van der Waals surface area contributed by atoms with Gasteiger partial charge in [0, 0.05) is 18.7 Å². The average molecular weight is 285 g/mol. The van der Waals surface area contributed by atoms with Crippen LogP contribution in [0.15, 0.2) is 29.8 Å². The highest BCUT2D eigenvalue weighted by Crippen LogP contribution is 2.32. The van der Waals surface area contributed by atoms with Crippen LogP contribution >= 0.6 is 0 Å². The fourth-order valence-corrected chi connectivity index (χ4v) is 2.26. The van der Waals surface area contributed by atoms with Crippen molar-refractivity contribution in [1.29, 1.82) is 0 Å². The van der Waals surface area contributed by atoms with Gasteiger partial charge in [-0.3, -0.25) is 0 Å². The van der Waals surface area contributed by atoms with Crippen molar-refractivity contribution in [2.45, 2.75) is 12.6 Å². The van der Waals surface area contributed by atoms with Gasteiger partial charge in [-0.25, -0.2) is 4.79 Å². The Morgan fingerprint density at radius 1 is 1.25 bits per heavy atom. The van der Waals surface area contributed by atoms with Crippen LogP contribution in [0.1, 0.15) is 17.5 Å². The Kier molecular flexibility index (Phi) is 3.85. The Bertz CT molecular complexity index is 547. The van der Waals surface area contributed by atoms with E-state index in [-0.39, 0.29) is 5.57 Å². The van der Waals surface area contributed by atoms with E-state index in [9.17, 15) is 23.1 Å². The van der Waals surface area contributed by atoms with E-state index in [4.69, 9.17) is 0 Å². The number of carboxylic acid groups (broad SMARTS) is 1. The zero-order valence-electron chi connectivity index (χ0n) is 10.9. The van der Waals surface area contributed by atoms with E-state index in [0.29, 0.717) is 30.6 Å². The van der Waals surface area contributed by atoms with Crippen molar-refractivity contribution in [1.82, 2.24) is 4.90 Å². The van der Waals surface area contributed by atoms with E-state index in [2.05, 4.69) is 0 Å². The first-order valence-electron chi connectivity index (χ1n) is 6.10. The molecule has 1 N–H and O–H groups in total. The molecule has 0 radical (unpaired) electrons. The number of rotatable bonds is 2. The molecule has 0 aromatic heterocycles. The lowest BCUT2D eigenvalue weighted by Gasteiger charge is -2.26. The van der Waals surface area contributed by atoms with Crippen LogP contribution in [-0.2, 0) is 11.0 Å². The molecule has 20 heavy (non-hydrogen) atoms. The molecule has 3 nitrogen and oxygen atoms in total. The highest BCUT2D eigenvalue weighted by molar-refractivity contribution is 5.97. The van der Waals surface area contributed by atoms with Crippen molar-refractivity contribution in [2.24, 2.45) is 0 Å². The summed E-state index contributed by atoms with van der Waals surface area (Å²) in [5.41, 5.74) is 0.660. The van der Waals surface area contributed by atoms with Crippen LogP contribution in [0.2, 0.25) is 0 Å². The minimum Gasteiger partial charge on any atom is -0.478 e. The summed E-state index contributed by atoms with van der Waals surface area (Å²) in [4.78, 5) is 13.2. The van der Waals surface area contributed by atoms with Gasteiger partial charge in [-0.05, 0) is 36.7 Å². The third-order valence-electron chi connectivity index (χ3n) is 3.35. The molecule has 0 bridgehead atoms. The fraction of sp³-hybridized carbons (Fsp3) is 0.357. The maximum absolute atomic E-state index is 12.5. The number of hydrogen-bond acceptors (Lipinski definition) is 2. The Labute approximate surface area is 114 Å². The SMILES string of the molecule is CN1CCC(C(=O)O)=C(c2ccc(C(F)(F)F)cc2)C1. The third-order valence-corrected chi connectivity index (χ3v) is 3.35. The standard InChI is InChI=1S/C14H14F3NO2/c1-18-7-6-11(13(19)20)12(8-18)9-2-4-10(5-3-9)14(15,16)17/h2-5H,6-8H2,1H3,(H,19,20). The molecule has 1 aliphatic heterocycles. The fourth-order valence-electron chi connectivity index (χ4n) is 2.26. The van der Waals surface area contributed by atoms with Crippen molar-refractivity contribution in [3.05, 3.63) is 41.0 Å². The molecule has 2 rings (SSSR count). The zero-order valence-corrected chi connectivity index (χ0v) is 10.9. The van der Waals surface area contributed by atoms with E-state index in [1.807, 2.05) is 11.9 Å². The molecular weight excluding hydrogens is 271 g/mol. The van der Waals surface area contributed by atoms with Crippen molar-refractivity contribution >= 4 is 11.5 Å². The largest absolute Gasteiger partial charge is 0.478 e. The Morgan fingerprint density at radius 2 is 1.85 bits per heavy atom. The summed E-state index contributed by atoms with van der Waals surface area (Å²) in [6.07, 6.45) is -3.99. The molecule has 0 aliphatic carbocycles. The number of carboxylic acids is 1. The number of nitrogens with zero attached hydrogens (tertiary/aromatic N) is 1. The second-order valence-electron chi connectivity index (χ2n) is 4.83. The smallest absolute Gasteiger partial charge is 0.416 e. The van der Waals surface area contributed by atoms with Crippen LogP contribution in [-0.4, -0.2) is 36.1 Å². The second-order valence-corrected chi connectivity index (χ2v) is 4.83. The van der Waals surface area contributed by atoms with Gasteiger partial charge in [0.2, 0.25) is 0 Å². The zero-order chi connectivity index (χ0) is 14.9. The number of carbonyl (C=O) groups is 1. The van der Waals surface area contributed by atoms with Crippen molar-refractivity contribution in [2.75, 3.05) is 20.1 Å². The quantitative estimate of drug-likeness (QED) is 0.908. The summed E-state index contributed by atoms with van der Waals surface area (Å²) >= 11 is 0. The first kappa shape index (κ1) is 14.6. The Balaban J connectivity index is 2.40. The summed E-state index contributed by atoms with van der Waals surface area (Å²) < 4.78 is 37.5. The number of halogens is 3. The Hall–Kier alpha value is -1.82. The highest BCUT2D eigenvalue weighted by Gasteiger charge is 2.30. The molecule has 0 saturated heterocycles. The molecule has 108 valence electrons. The molecule has 0 amide bonds. The van der Waals surface area contributed by atoms with Crippen LogP contribution in [0.4, 0.5) is 13.2 Å². The highest BCUT2D eigenvalue weighted by atomic mass is 19.4. The maximum atomic E-state index is 12.5. The molecule has 0 fully saturated rings. The maximum Gasteiger partial charge on any atom is 0.416 e. The van der Waals surface area contributed by atoms with Crippen LogP contribution in [0.25, 0.3) is 5.57 Å². The second kappa shape index (κ2) is 5.28. The monoisotopic (exact) mass is 285 g/mol. The lowest BCUT2D eigenvalue weighted by atomic mass is 9.93. The van der Waals surface area contributed by atoms with Gasteiger partial charge in [-0.15, -0.1) is 0 Å². The molecule has 1 aromatic rings. The van der Waals surface area contributed by atoms with Crippen LogP contribution in [0.3, 0.4) is 0 Å². The number of alkyl halides is 3. The van der Waals surface area contributed by atoms with E-state index in [1.165, 1.54) is 12.1 Å². The van der Waals surface area contributed by atoms with Gasteiger partial charge in [0.05, 0.1) is 5.56 Å². The van der Waals surface area contributed by atoms with Crippen molar-refractivity contribution in [3.63, 3.8) is 0 Å². The number of likely N-dealkylation sites (N-methyl/N-ethyl adjacent to an activating group) is 1. The lowest BCUT2D eigenvalue weighted by molar-refractivity contribution is -0.137. The molecular formula is C14H14F3NO2. The topological polar surface area (TPSA) is 40.5 Å². The van der Waals surface area contributed by atoms with E-state index < -0.39 is 17.7 Å². The van der Waals surface area contributed by atoms with Gasteiger partial charge in [0.1, 0.15) is 0 Å². The summed E-state index contributed by atoms with van der Waals surface area (Å²) in [6.45, 7) is 1.05. The van der Waals surface area contributed by atoms with Crippen LogP contribution < -0.4 is 0 Å². The molecule has 0 saturated carbocycles. The number of benzene rings is 1. The average Bonchev–Trinajstić information content (AvgIpc) is 2.37. The molecule has 0 unspecified atom stereocenters. The third kappa shape index (κ3) is 3.01. The first-order chi connectivity index (χ1) is 9.29. The predicted molar refractivity (Wildman–Crippen MR) is 68.1 cm³/mol. The summed E-state index contributed by atoms with van der Waals surface area (Å²) in [6, 6.07) is 4.63. The molecule has 0 atom stereocenters. The minimum absolute atomic E-state index is 0.280. The lowest BCUT2D eigenvalue weighted by Crippen LogP contribution is -2.29. The normalized spacial score (nSPS) is 17.4. The van der Waals surface area contributed by atoms with Crippen molar-refractivity contribution < 1.29 is 23.1 Å². The van der Waals surface area contributed by atoms with Crippen LogP contribution in [0.5, 0.6) is 0 Å². The van der Waals surface area contributed by atoms with E-state index in [0.717, 1.165) is 12.1 Å². The molecule has 1 aromatic carbocycles. The van der Waals surface area contributed by atoms with Crippen molar-refractivity contribution in [3.8, 4) is 0 Å². The first-order valence-corrected chi connectivity index (χ1v) is 6.10. The van der Waals surface area contributed by atoms with Gasteiger partial charge >= 0.3 is 12.1 Å². The summed E-state index contributed by atoms with van der Waals surface area (Å²) in [5, 5.41) is 9.18. The van der Waals surface area contributed by atoms with Gasteiger partial charge < -0.3 is 10.0 Å². The van der Waals surface area contributed by atoms with E-state index >= 15 is 0 Å². The van der Waals surface area contributed by atoms with Gasteiger partial charge in [0.25, 0.3) is 0 Å². The molecule has 1 aliphatic rings. The molecule has 0 spiro atoms. The van der Waals surface area contributed by atoms with E-state index in [1.54, 1.807) is 0 Å². The molecule has 1 heterocycles. The van der Waals surface area contributed by atoms with Crippen LogP contribution in [0, 0.1) is 0 Å². The number of hydrogen-bond donors (Lipinski definition) is 1. The Morgan fingerprint density at radius 3 is 2.35 bits per heavy atom. The van der Waals surface area contributed by atoms with Gasteiger partial charge in [0.15, 0.2) is 0 Å². The summed E-state index contributed by atoms with van der Waals surface area (Å²) in [7, 11) is 1.85. The van der Waals surface area contributed by atoms with Gasteiger partial charge in [-0.1, -0.05) is 12.1 Å². The number of aliphatic carboxylic acids is 1. The summed E-state index contributed by atoms with van der Waals surface area (Å²) in [5.74, 6) is -1.01. The predicted octanol–water partition coefficient (Wildman–Crippen LogP) is 2.88. The van der Waals surface area contributed by atoms with Gasteiger partial charge in [-0.2, -0.15) is 13.2 Å². The molecule has 6 heteroatoms. The minimum atomic E-state index is -4.38.